The van der Waals surface area contributed by atoms with E-state index in [9.17, 15) is 25.2 Å². The third kappa shape index (κ3) is 17.5. The number of hydrogen-bond donors (Lipinski definition) is 5. The quantitative estimate of drug-likeness (QED) is 0.138. The van der Waals surface area contributed by atoms with Crippen molar-refractivity contribution in [2.24, 2.45) is 0 Å². The third-order valence-corrected chi connectivity index (χ3v) is 6.32. The molecule has 1 amide bonds. The molecule has 0 rings (SSSR count). The summed E-state index contributed by atoms with van der Waals surface area (Å²) >= 11 is 0. The smallest absolute Gasteiger partial charge is 0.409 e. The number of hydrogen-bond acceptors (Lipinski definition) is 7. The van der Waals surface area contributed by atoms with E-state index in [0.29, 0.717) is 6.61 Å². The molecule has 0 heterocycles. The Bertz CT molecular complexity index is 466. The van der Waals surface area contributed by atoms with Crippen molar-refractivity contribution in [1.82, 2.24) is 4.90 Å². The lowest BCUT2D eigenvalue weighted by atomic mass is 10.0. The van der Waals surface area contributed by atoms with Gasteiger partial charge in [0, 0.05) is 7.05 Å². The van der Waals surface area contributed by atoms with Crippen LogP contribution in [0.4, 0.5) is 4.79 Å². The molecule has 0 radical (unpaired) electrons. The number of amides is 1. The lowest BCUT2D eigenvalue weighted by molar-refractivity contribution is -0.117. The molecular weight excluding hydrogens is 438 g/mol. The summed E-state index contributed by atoms with van der Waals surface area (Å²) in [6.45, 7) is 1.54. The molecule has 4 atom stereocenters. The number of nitrogens with zero attached hydrogens (tertiary/aromatic N) is 1. The summed E-state index contributed by atoms with van der Waals surface area (Å²) < 4.78 is 5.18. The topological polar surface area (TPSA) is 131 Å². The minimum atomic E-state index is -1.71. The van der Waals surface area contributed by atoms with Gasteiger partial charge in [-0.25, -0.2) is 4.79 Å². The average Bonchev–Trinajstić information content (AvgIpc) is 2.84. The molecule has 0 spiro atoms. The zero-order chi connectivity index (χ0) is 25.6. The van der Waals surface area contributed by atoms with E-state index in [0.717, 1.165) is 24.2 Å². The Hall–Kier alpha value is -0.930. The van der Waals surface area contributed by atoms with Crippen molar-refractivity contribution in [3.05, 3.63) is 0 Å². The van der Waals surface area contributed by atoms with Crippen LogP contribution >= 0.6 is 0 Å². The van der Waals surface area contributed by atoms with Gasteiger partial charge in [0.25, 0.3) is 0 Å². The van der Waals surface area contributed by atoms with Crippen molar-refractivity contribution in [3.63, 3.8) is 0 Å². The molecule has 0 saturated heterocycles. The normalized spacial score (nSPS) is 15.0. The van der Waals surface area contributed by atoms with E-state index in [-0.39, 0.29) is 6.54 Å². The minimum absolute atomic E-state index is 0.270. The molecule has 5 N–H and O–H groups in total. The second-order valence-electron chi connectivity index (χ2n) is 9.60. The van der Waals surface area contributed by atoms with Gasteiger partial charge in [-0.05, 0) is 6.42 Å². The molecule has 0 aromatic heterocycles. The van der Waals surface area contributed by atoms with Gasteiger partial charge in [-0.1, -0.05) is 103 Å². The van der Waals surface area contributed by atoms with E-state index in [1.807, 2.05) is 0 Å². The predicted octanol–water partition coefficient (Wildman–Crippen LogP) is 3.75. The zero-order valence-corrected chi connectivity index (χ0v) is 21.7. The first-order chi connectivity index (χ1) is 16.3. The van der Waals surface area contributed by atoms with Gasteiger partial charge in [-0.15, -0.1) is 0 Å². The van der Waals surface area contributed by atoms with E-state index in [2.05, 4.69) is 6.92 Å². The van der Waals surface area contributed by atoms with E-state index < -0.39 is 37.1 Å². The van der Waals surface area contributed by atoms with Crippen LogP contribution in [0.5, 0.6) is 0 Å². The van der Waals surface area contributed by atoms with E-state index in [1.165, 1.54) is 90.5 Å². The maximum absolute atomic E-state index is 12.0. The van der Waals surface area contributed by atoms with Crippen LogP contribution in [0, 0.1) is 0 Å². The SMILES string of the molecule is CCCCCCCCCCCCCCCCCCOC(=O)N(C)C[C@H](O)[C@@H](O)[C@H](O)[C@H](O)CO. The van der Waals surface area contributed by atoms with Crippen LogP contribution in [-0.4, -0.2) is 87.7 Å². The van der Waals surface area contributed by atoms with Gasteiger partial charge in [0.2, 0.25) is 0 Å². The molecule has 8 nitrogen and oxygen atoms in total. The maximum Gasteiger partial charge on any atom is 0.409 e. The first-order valence-corrected chi connectivity index (χ1v) is 13.6. The molecule has 204 valence electrons. The highest BCUT2D eigenvalue weighted by Gasteiger charge is 2.31. The molecule has 0 aliphatic rings. The molecule has 0 bridgehead atoms. The Morgan fingerprint density at radius 3 is 1.47 bits per heavy atom. The number of aliphatic hydroxyl groups excluding tert-OH is 5. The van der Waals surface area contributed by atoms with Crippen molar-refractivity contribution in [3.8, 4) is 0 Å². The van der Waals surface area contributed by atoms with E-state index in [1.54, 1.807) is 0 Å². The van der Waals surface area contributed by atoms with Crippen molar-refractivity contribution >= 4 is 6.09 Å². The molecule has 0 aliphatic heterocycles. The van der Waals surface area contributed by atoms with Crippen LogP contribution in [0.3, 0.4) is 0 Å². The summed E-state index contributed by atoms with van der Waals surface area (Å²) in [6, 6.07) is 0. The average molecular weight is 492 g/mol. The fourth-order valence-corrected chi connectivity index (χ4v) is 3.95. The molecule has 8 heteroatoms. The Morgan fingerprint density at radius 1 is 0.676 bits per heavy atom. The standard InChI is InChI=1S/C26H53NO7/c1-3-4-5-6-7-8-9-10-11-12-13-14-15-16-17-18-19-34-26(33)27(2)20-22(29)24(31)25(32)23(30)21-28/h22-25,28-32H,3-21H2,1-2H3/t22-,23+,24+,25+/m0/s1. The number of rotatable bonds is 23. The molecule has 0 aromatic rings. The summed E-state index contributed by atoms with van der Waals surface area (Å²) in [4.78, 5) is 13.1. The summed E-state index contributed by atoms with van der Waals surface area (Å²) in [7, 11) is 1.42. The lowest BCUT2D eigenvalue weighted by Crippen LogP contribution is -2.50. The monoisotopic (exact) mass is 491 g/mol. The second-order valence-corrected chi connectivity index (χ2v) is 9.60. The summed E-state index contributed by atoms with van der Waals surface area (Å²) in [5, 5.41) is 47.5. The predicted molar refractivity (Wildman–Crippen MR) is 135 cm³/mol. The first-order valence-electron chi connectivity index (χ1n) is 13.6. The number of likely N-dealkylation sites (N-methyl/N-ethyl adjacent to an activating group) is 1. The highest BCUT2D eigenvalue weighted by atomic mass is 16.6. The van der Waals surface area contributed by atoms with Crippen LogP contribution in [0.25, 0.3) is 0 Å². The van der Waals surface area contributed by atoms with E-state index >= 15 is 0 Å². The number of ether oxygens (including phenoxy) is 1. The van der Waals surface area contributed by atoms with Crippen LogP contribution < -0.4 is 0 Å². The minimum Gasteiger partial charge on any atom is -0.449 e. The van der Waals surface area contributed by atoms with Crippen molar-refractivity contribution in [2.75, 3.05) is 26.8 Å². The second kappa shape index (κ2) is 22.5. The molecular formula is C26H53NO7. The van der Waals surface area contributed by atoms with Gasteiger partial charge in [0.1, 0.15) is 24.4 Å². The van der Waals surface area contributed by atoms with Gasteiger partial charge in [0.15, 0.2) is 0 Å². The number of carbonyl (C=O) groups excluding carboxylic acids is 1. The molecule has 0 aliphatic carbocycles. The summed E-state index contributed by atoms with van der Waals surface area (Å²) in [5.41, 5.74) is 0. The Morgan fingerprint density at radius 2 is 1.06 bits per heavy atom. The van der Waals surface area contributed by atoms with Crippen molar-refractivity contribution < 1.29 is 35.1 Å². The molecule has 0 unspecified atom stereocenters. The highest BCUT2D eigenvalue weighted by Crippen LogP contribution is 2.14. The van der Waals surface area contributed by atoms with Gasteiger partial charge in [-0.2, -0.15) is 0 Å². The maximum atomic E-state index is 12.0. The zero-order valence-electron chi connectivity index (χ0n) is 21.7. The molecule has 0 aromatic carbocycles. The Labute approximate surface area is 207 Å². The fraction of sp³-hybridized carbons (Fsp3) is 0.962. The summed E-state index contributed by atoms with van der Waals surface area (Å²) in [5.74, 6) is 0. The van der Waals surface area contributed by atoms with Gasteiger partial charge >= 0.3 is 6.09 Å². The third-order valence-electron chi connectivity index (χ3n) is 6.32. The van der Waals surface area contributed by atoms with Gasteiger partial charge < -0.3 is 35.2 Å². The fourth-order valence-electron chi connectivity index (χ4n) is 3.95. The van der Waals surface area contributed by atoms with Gasteiger partial charge in [-0.3, -0.25) is 0 Å². The number of unbranched alkanes of at least 4 members (excludes halogenated alkanes) is 15. The van der Waals surface area contributed by atoms with Crippen LogP contribution in [0.1, 0.15) is 110 Å². The molecule has 0 saturated carbocycles. The van der Waals surface area contributed by atoms with Gasteiger partial charge in [0.05, 0.1) is 19.8 Å². The Balaban J connectivity index is 3.56. The highest BCUT2D eigenvalue weighted by molar-refractivity contribution is 5.67. The van der Waals surface area contributed by atoms with Crippen LogP contribution in [0.15, 0.2) is 0 Å². The number of aliphatic hydroxyl groups is 5. The van der Waals surface area contributed by atoms with Crippen LogP contribution in [-0.2, 0) is 4.74 Å². The number of carbonyl (C=O) groups is 1. The lowest BCUT2D eigenvalue weighted by Gasteiger charge is -2.28. The largest absolute Gasteiger partial charge is 0.449 e. The van der Waals surface area contributed by atoms with Crippen LogP contribution in [0.2, 0.25) is 0 Å². The van der Waals surface area contributed by atoms with Crippen molar-refractivity contribution in [1.29, 1.82) is 0 Å². The van der Waals surface area contributed by atoms with E-state index in [4.69, 9.17) is 9.84 Å². The van der Waals surface area contributed by atoms with Crippen molar-refractivity contribution in [2.45, 2.75) is 134 Å². The summed E-state index contributed by atoms with van der Waals surface area (Å²) in [6.07, 6.45) is 13.3. The Kier molecular flexibility index (Phi) is 21.9. The molecule has 0 fully saturated rings. The first kappa shape index (κ1) is 33.1. The molecule has 34 heavy (non-hydrogen) atoms.